The van der Waals surface area contributed by atoms with Gasteiger partial charge in [-0.15, -0.1) is 0 Å². The highest BCUT2D eigenvalue weighted by Gasteiger charge is 2.35. The number of rotatable bonds is 7. The van der Waals surface area contributed by atoms with Crippen LogP contribution in [0.5, 0.6) is 17.2 Å². The van der Waals surface area contributed by atoms with Crippen LogP contribution in [0.15, 0.2) is 41.3 Å². The summed E-state index contributed by atoms with van der Waals surface area (Å²) in [5.74, 6) is -0.399. The van der Waals surface area contributed by atoms with E-state index in [9.17, 15) is 13.2 Å². The lowest BCUT2D eigenvalue weighted by atomic mass is 10.2. The first-order valence-corrected chi connectivity index (χ1v) is 9.93. The van der Waals surface area contributed by atoms with Gasteiger partial charge in [-0.25, -0.2) is 13.2 Å². The average Bonchev–Trinajstić information content (AvgIpc) is 3.16. The number of anilines is 1. The topological polar surface area (TPSA) is 91.4 Å². The lowest BCUT2D eigenvalue weighted by Gasteiger charge is -2.22. The molecule has 0 spiro atoms. The number of ether oxygens (including phenoxy) is 4. The Balaban J connectivity index is 2.07. The van der Waals surface area contributed by atoms with E-state index in [2.05, 4.69) is 4.74 Å². The second-order valence-electron chi connectivity index (χ2n) is 5.95. The van der Waals surface area contributed by atoms with Gasteiger partial charge in [0.05, 0.1) is 27.0 Å². The number of hydrogen-bond donors (Lipinski definition) is 0. The quantitative estimate of drug-likeness (QED) is 0.649. The molecule has 0 fully saturated rings. The Morgan fingerprint density at radius 2 is 1.79 bits per heavy atom. The number of esters is 1. The van der Waals surface area contributed by atoms with Gasteiger partial charge in [0.2, 0.25) is 5.75 Å². The first kappa shape index (κ1) is 19.8. The number of nitrogens with zero attached hydrogens (tertiary/aromatic N) is 1. The monoisotopic (exact) mass is 407 g/mol. The van der Waals surface area contributed by atoms with Crippen LogP contribution in [-0.2, 0) is 26.0 Å². The summed E-state index contributed by atoms with van der Waals surface area (Å²) in [4.78, 5) is 11.4. The van der Waals surface area contributed by atoms with Gasteiger partial charge < -0.3 is 18.9 Å². The Kier molecular flexibility index (Phi) is 5.64. The van der Waals surface area contributed by atoms with Crippen LogP contribution in [-0.4, -0.2) is 48.9 Å². The summed E-state index contributed by atoms with van der Waals surface area (Å²) in [7, 11) is 0.0357. The van der Waals surface area contributed by atoms with Crippen molar-refractivity contribution in [1.82, 2.24) is 0 Å². The van der Waals surface area contributed by atoms with E-state index in [0.717, 1.165) is 5.56 Å². The van der Waals surface area contributed by atoms with Crippen molar-refractivity contribution in [3.05, 3.63) is 42.0 Å². The smallest absolute Gasteiger partial charge is 0.343 e. The van der Waals surface area contributed by atoms with Gasteiger partial charge in [-0.3, -0.25) is 4.31 Å². The first-order valence-electron chi connectivity index (χ1n) is 8.49. The summed E-state index contributed by atoms with van der Waals surface area (Å²) in [6.45, 7) is -0.0888. The zero-order valence-electron chi connectivity index (χ0n) is 15.8. The van der Waals surface area contributed by atoms with E-state index in [1.165, 1.54) is 37.8 Å². The third kappa shape index (κ3) is 3.45. The fourth-order valence-electron chi connectivity index (χ4n) is 3.09. The Morgan fingerprint density at radius 3 is 2.46 bits per heavy atom. The highest BCUT2D eigenvalue weighted by Crippen LogP contribution is 2.44. The Morgan fingerprint density at radius 1 is 1.04 bits per heavy atom. The molecule has 0 unspecified atom stereocenters. The van der Waals surface area contributed by atoms with Crippen LogP contribution in [0, 0.1) is 0 Å². The number of fused-ring (bicyclic) bond motifs is 1. The van der Waals surface area contributed by atoms with Gasteiger partial charge in [-0.05, 0) is 30.2 Å². The summed E-state index contributed by atoms with van der Waals surface area (Å²) in [6, 6.07) is 10.2. The van der Waals surface area contributed by atoms with Crippen molar-refractivity contribution in [3.8, 4) is 17.2 Å². The van der Waals surface area contributed by atoms with E-state index in [4.69, 9.17) is 14.2 Å². The highest BCUT2D eigenvalue weighted by molar-refractivity contribution is 7.93. The van der Waals surface area contributed by atoms with Gasteiger partial charge in [0.15, 0.2) is 18.1 Å². The van der Waals surface area contributed by atoms with Gasteiger partial charge >= 0.3 is 5.97 Å². The molecule has 0 saturated heterocycles. The first-order chi connectivity index (χ1) is 13.4. The lowest BCUT2D eigenvalue weighted by molar-refractivity contribution is -0.142. The minimum Gasteiger partial charge on any atom is -0.493 e. The Hall–Kier alpha value is -2.94. The number of benzene rings is 2. The molecule has 2 aromatic carbocycles. The summed E-state index contributed by atoms with van der Waals surface area (Å²) in [6.07, 6.45) is 0.625. The lowest BCUT2D eigenvalue weighted by Crippen LogP contribution is -2.29. The molecule has 0 atom stereocenters. The molecular formula is C19H21NO7S. The molecule has 8 nitrogen and oxygen atoms in total. The predicted octanol–water partition coefficient (Wildman–Crippen LogP) is 2.01. The fraction of sp³-hybridized carbons (Fsp3) is 0.316. The summed E-state index contributed by atoms with van der Waals surface area (Å²) < 4.78 is 48.7. The molecule has 28 heavy (non-hydrogen) atoms. The van der Waals surface area contributed by atoms with Crippen molar-refractivity contribution in [2.24, 2.45) is 0 Å². The summed E-state index contributed by atoms with van der Waals surface area (Å²) in [5, 5.41) is 0. The number of hydrogen-bond acceptors (Lipinski definition) is 7. The van der Waals surface area contributed by atoms with Crippen molar-refractivity contribution in [2.45, 2.75) is 11.3 Å². The van der Waals surface area contributed by atoms with Crippen LogP contribution in [0.2, 0.25) is 0 Å². The van der Waals surface area contributed by atoms with E-state index >= 15 is 0 Å². The molecular weight excluding hydrogens is 386 g/mol. The maximum atomic E-state index is 13.4. The van der Waals surface area contributed by atoms with Crippen LogP contribution < -0.4 is 18.5 Å². The SMILES string of the molecule is COC(=O)COc1c(OC)ccc(S(=O)(=O)N2CCc3ccccc32)c1OC. The zero-order chi connectivity index (χ0) is 20.3. The van der Waals surface area contributed by atoms with E-state index in [1.54, 1.807) is 12.1 Å². The normalized spacial score (nSPS) is 13.0. The molecule has 0 aromatic heterocycles. The second-order valence-corrected chi connectivity index (χ2v) is 7.78. The number of methoxy groups -OCH3 is 3. The molecule has 150 valence electrons. The molecule has 0 amide bonds. The number of para-hydroxylation sites is 1. The molecule has 0 radical (unpaired) electrons. The van der Waals surface area contributed by atoms with Crippen molar-refractivity contribution >= 4 is 21.7 Å². The molecule has 1 aliphatic rings. The molecule has 1 aliphatic heterocycles. The van der Waals surface area contributed by atoms with Crippen molar-refractivity contribution < 1.29 is 32.2 Å². The van der Waals surface area contributed by atoms with E-state index in [-0.39, 0.29) is 22.1 Å². The minimum absolute atomic E-state index is 0.0176. The van der Waals surface area contributed by atoms with Crippen LogP contribution in [0.1, 0.15) is 5.56 Å². The van der Waals surface area contributed by atoms with Crippen molar-refractivity contribution in [3.63, 3.8) is 0 Å². The van der Waals surface area contributed by atoms with Gasteiger partial charge in [0, 0.05) is 6.54 Å². The largest absolute Gasteiger partial charge is 0.493 e. The maximum absolute atomic E-state index is 13.4. The van der Waals surface area contributed by atoms with Crippen LogP contribution in [0.4, 0.5) is 5.69 Å². The Labute approximate surface area is 163 Å². The fourth-order valence-corrected chi connectivity index (χ4v) is 4.74. The molecule has 0 saturated carbocycles. The third-order valence-corrected chi connectivity index (χ3v) is 6.28. The van der Waals surface area contributed by atoms with Gasteiger partial charge in [0.1, 0.15) is 4.90 Å². The molecule has 3 rings (SSSR count). The summed E-state index contributed by atoms with van der Waals surface area (Å²) in [5.41, 5.74) is 1.60. The van der Waals surface area contributed by atoms with Crippen LogP contribution in [0.3, 0.4) is 0 Å². The second kappa shape index (κ2) is 7.97. The van der Waals surface area contributed by atoms with Gasteiger partial charge in [0.25, 0.3) is 10.0 Å². The summed E-state index contributed by atoms with van der Waals surface area (Å²) >= 11 is 0. The standard InChI is InChI=1S/C19H21NO7S/c1-24-15-8-9-16(19(26-3)18(15)27-12-17(21)25-2)28(22,23)20-11-10-13-6-4-5-7-14(13)20/h4-9H,10-12H2,1-3H3. The van der Waals surface area contributed by atoms with E-state index in [1.807, 2.05) is 12.1 Å². The zero-order valence-corrected chi connectivity index (χ0v) is 16.6. The molecule has 0 bridgehead atoms. The molecule has 9 heteroatoms. The van der Waals surface area contributed by atoms with Crippen LogP contribution in [0.25, 0.3) is 0 Å². The molecule has 1 heterocycles. The highest BCUT2D eigenvalue weighted by atomic mass is 32.2. The molecule has 0 aliphatic carbocycles. The van der Waals surface area contributed by atoms with Crippen LogP contribution >= 0.6 is 0 Å². The number of carbonyl (C=O) groups is 1. The van der Waals surface area contributed by atoms with Crippen molar-refractivity contribution in [2.75, 3.05) is 38.8 Å². The number of carbonyl (C=O) groups excluding carboxylic acids is 1. The van der Waals surface area contributed by atoms with Crippen molar-refractivity contribution in [1.29, 1.82) is 0 Å². The molecule has 0 N–H and O–H groups in total. The number of sulfonamides is 1. The predicted molar refractivity (Wildman–Crippen MR) is 102 cm³/mol. The van der Waals surface area contributed by atoms with E-state index in [0.29, 0.717) is 18.7 Å². The minimum atomic E-state index is -3.93. The molecule has 2 aromatic rings. The third-order valence-electron chi connectivity index (χ3n) is 4.44. The average molecular weight is 407 g/mol. The Bertz CT molecular complexity index is 988. The van der Waals surface area contributed by atoms with Gasteiger partial charge in [-0.1, -0.05) is 18.2 Å². The maximum Gasteiger partial charge on any atom is 0.343 e. The van der Waals surface area contributed by atoms with E-state index < -0.39 is 22.6 Å². The van der Waals surface area contributed by atoms with Gasteiger partial charge in [-0.2, -0.15) is 0 Å².